The smallest absolute Gasteiger partial charge is 0.311 e. The molecule has 5 nitrogen and oxygen atoms in total. The molecular weight excluding hydrogens is 317 g/mol. The number of hydrogen-bond donors (Lipinski definition) is 0. The molecule has 1 aliphatic rings. The number of hydrogen-bond acceptors (Lipinski definition) is 4. The first-order valence-electron chi connectivity index (χ1n) is 5.89. The van der Waals surface area contributed by atoms with Crippen molar-refractivity contribution in [2.45, 2.75) is 19.8 Å². The number of rotatable bonds is 2. The predicted octanol–water partition coefficient (Wildman–Crippen LogP) is 3.47. The zero-order chi connectivity index (χ0) is 14.0. The van der Waals surface area contributed by atoms with Gasteiger partial charge in [-0.25, -0.2) is 4.98 Å². The van der Waals surface area contributed by atoms with E-state index in [0.717, 1.165) is 5.69 Å². The van der Waals surface area contributed by atoms with Crippen LogP contribution in [-0.2, 0) is 0 Å². The topological polar surface area (TPSA) is 59.3 Å². The van der Waals surface area contributed by atoms with Gasteiger partial charge in [0.05, 0.1) is 4.92 Å². The summed E-state index contributed by atoms with van der Waals surface area (Å²) in [4.78, 5) is 16.7. The fourth-order valence-electron chi connectivity index (χ4n) is 2.09. The third kappa shape index (κ3) is 3.09. The molecule has 0 aromatic carbocycles. The Morgan fingerprint density at radius 1 is 1.47 bits per heavy atom. The SMILES string of the molecule is Cc1ccc([N+](=O)[O-])c(N2CCC(=C(F)Br)CC2)n1. The molecule has 1 fully saturated rings. The number of pyridine rings is 1. The van der Waals surface area contributed by atoms with Gasteiger partial charge in [0.2, 0.25) is 5.82 Å². The third-order valence-electron chi connectivity index (χ3n) is 3.12. The van der Waals surface area contributed by atoms with Gasteiger partial charge in [-0.15, -0.1) is 0 Å². The van der Waals surface area contributed by atoms with Crippen molar-refractivity contribution in [3.8, 4) is 0 Å². The number of aryl methyl sites for hydroxylation is 1. The van der Waals surface area contributed by atoms with Crippen LogP contribution in [0.4, 0.5) is 15.9 Å². The van der Waals surface area contributed by atoms with E-state index in [4.69, 9.17) is 0 Å². The van der Waals surface area contributed by atoms with Crippen molar-refractivity contribution >= 4 is 27.4 Å². The summed E-state index contributed by atoms with van der Waals surface area (Å²) in [7, 11) is 0. The summed E-state index contributed by atoms with van der Waals surface area (Å²) in [5, 5.41) is 11.0. The van der Waals surface area contributed by atoms with E-state index in [-0.39, 0.29) is 10.4 Å². The molecule has 7 heteroatoms. The van der Waals surface area contributed by atoms with Crippen LogP contribution in [0, 0.1) is 17.0 Å². The van der Waals surface area contributed by atoms with Gasteiger partial charge in [0.1, 0.15) is 0 Å². The van der Waals surface area contributed by atoms with E-state index in [9.17, 15) is 14.5 Å². The summed E-state index contributed by atoms with van der Waals surface area (Å²) in [6, 6.07) is 3.09. The lowest BCUT2D eigenvalue weighted by molar-refractivity contribution is -0.384. The Labute approximate surface area is 118 Å². The van der Waals surface area contributed by atoms with Crippen molar-refractivity contribution in [2.24, 2.45) is 0 Å². The molecule has 1 aromatic rings. The van der Waals surface area contributed by atoms with Gasteiger partial charge in [-0.05, 0) is 47.3 Å². The highest BCUT2D eigenvalue weighted by molar-refractivity contribution is 9.11. The van der Waals surface area contributed by atoms with Crippen LogP contribution in [0.25, 0.3) is 0 Å². The Balaban J connectivity index is 2.26. The Hall–Kier alpha value is -1.50. The summed E-state index contributed by atoms with van der Waals surface area (Å²) in [6.07, 6.45) is 1.09. The lowest BCUT2D eigenvalue weighted by Crippen LogP contribution is -2.32. The molecule has 2 rings (SSSR count). The first-order chi connectivity index (χ1) is 8.99. The van der Waals surface area contributed by atoms with E-state index in [1.54, 1.807) is 13.0 Å². The maximum absolute atomic E-state index is 13.0. The van der Waals surface area contributed by atoms with Gasteiger partial charge >= 0.3 is 5.69 Å². The van der Waals surface area contributed by atoms with Gasteiger partial charge in [-0.3, -0.25) is 10.1 Å². The molecule has 1 aromatic heterocycles. The molecule has 0 bridgehead atoms. The van der Waals surface area contributed by atoms with Gasteiger partial charge in [-0.2, -0.15) is 4.39 Å². The Bertz CT molecular complexity index is 534. The number of anilines is 1. The molecule has 1 saturated heterocycles. The maximum Gasteiger partial charge on any atom is 0.311 e. The van der Waals surface area contributed by atoms with Crippen molar-refractivity contribution < 1.29 is 9.31 Å². The van der Waals surface area contributed by atoms with Gasteiger partial charge in [0, 0.05) is 24.8 Å². The molecule has 0 spiro atoms. The standard InChI is InChI=1S/C12H13BrFN3O2/c1-8-2-3-10(17(18)19)12(15-8)16-6-4-9(5-7-16)11(13)14/h2-3H,4-7H2,1H3. The van der Waals surface area contributed by atoms with Crippen LogP contribution in [0.15, 0.2) is 22.4 Å². The minimum absolute atomic E-state index is 0.00246. The first-order valence-corrected chi connectivity index (χ1v) is 6.68. The number of piperidine rings is 1. The number of nitrogens with zero attached hydrogens (tertiary/aromatic N) is 3. The maximum atomic E-state index is 13.0. The molecule has 0 radical (unpaired) electrons. The lowest BCUT2D eigenvalue weighted by Gasteiger charge is -2.29. The quantitative estimate of drug-likeness (QED) is 0.615. The molecular formula is C12H13BrFN3O2. The van der Waals surface area contributed by atoms with Gasteiger partial charge < -0.3 is 4.90 Å². The summed E-state index contributed by atoms with van der Waals surface area (Å²) in [5.41, 5.74) is 1.44. The molecule has 2 heterocycles. The van der Waals surface area contributed by atoms with Gasteiger partial charge in [-0.1, -0.05) is 0 Å². The first kappa shape index (κ1) is 13.9. The molecule has 1 aliphatic heterocycles. The van der Waals surface area contributed by atoms with Crippen molar-refractivity contribution in [3.05, 3.63) is 38.3 Å². The average Bonchev–Trinajstić information content (AvgIpc) is 2.38. The van der Waals surface area contributed by atoms with Gasteiger partial charge in [0.25, 0.3) is 0 Å². The van der Waals surface area contributed by atoms with Crippen LogP contribution in [0.5, 0.6) is 0 Å². The zero-order valence-corrected chi connectivity index (χ0v) is 12.0. The normalized spacial score (nSPS) is 15.5. The van der Waals surface area contributed by atoms with E-state index < -0.39 is 4.92 Å². The minimum Gasteiger partial charge on any atom is -0.350 e. The molecule has 0 unspecified atom stereocenters. The van der Waals surface area contributed by atoms with Crippen molar-refractivity contribution in [1.29, 1.82) is 0 Å². The fourth-order valence-corrected chi connectivity index (χ4v) is 2.48. The Morgan fingerprint density at radius 2 is 2.11 bits per heavy atom. The van der Waals surface area contributed by atoms with E-state index in [2.05, 4.69) is 20.9 Å². The van der Waals surface area contributed by atoms with E-state index >= 15 is 0 Å². The van der Waals surface area contributed by atoms with Crippen molar-refractivity contribution in [2.75, 3.05) is 18.0 Å². The summed E-state index contributed by atoms with van der Waals surface area (Å²) < 4.78 is 12.7. The highest BCUT2D eigenvalue weighted by Gasteiger charge is 2.24. The Kier molecular flexibility index (Phi) is 4.14. The lowest BCUT2D eigenvalue weighted by atomic mass is 10.1. The van der Waals surface area contributed by atoms with Crippen molar-refractivity contribution in [1.82, 2.24) is 4.98 Å². The summed E-state index contributed by atoms with van der Waals surface area (Å²) >= 11 is 2.83. The van der Waals surface area contributed by atoms with Crippen LogP contribution < -0.4 is 4.90 Å². The molecule has 0 aliphatic carbocycles. The second kappa shape index (κ2) is 5.64. The molecule has 0 saturated carbocycles. The fraction of sp³-hybridized carbons (Fsp3) is 0.417. The average molecular weight is 330 g/mol. The highest BCUT2D eigenvalue weighted by atomic mass is 79.9. The molecule has 0 N–H and O–H groups in total. The van der Waals surface area contributed by atoms with E-state index in [0.29, 0.717) is 37.3 Å². The van der Waals surface area contributed by atoms with E-state index in [1.807, 2.05) is 4.90 Å². The largest absolute Gasteiger partial charge is 0.350 e. The monoisotopic (exact) mass is 329 g/mol. The molecule has 19 heavy (non-hydrogen) atoms. The zero-order valence-electron chi connectivity index (χ0n) is 10.4. The summed E-state index contributed by atoms with van der Waals surface area (Å²) in [5.74, 6) is 0.374. The predicted molar refractivity (Wildman–Crippen MR) is 74.1 cm³/mol. The van der Waals surface area contributed by atoms with Crippen LogP contribution >= 0.6 is 15.9 Å². The van der Waals surface area contributed by atoms with E-state index in [1.165, 1.54) is 6.07 Å². The highest BCUT2D eigenvalue weighted by Crippen LogP contribution is 2.31. The second-order valence-corrected chi connectivity index (χ2v) is 5.10. The van der Waals surface area contributed by atoms with Crippen LogP contribution in [0.3, 0.4) is 0 Å². The Morgan fingerprint density at radius 3 is 2.63 bits per heavy atom. The van der Waals surface area contributed by atoms with Crippen molar-refractivity contribution in [3.63, 3.8) is 0 Å². The molecule has 102 valence electrons. The summed E-state index contributed by atoms with van der Waals surface area (Å²) in [6.45, 7) is 2.86. The molecule has 0 atom stereocenters. The third-order valence-corrected chi connectivity index (χ3v) is 3.68. The number of aromatic nitrogens is 1. The number of halogens is 2. The van der Waals surface area contributed by atoms with Gasteiger partial charge in [0.15, 0.2) is 4.74 Å². The molecule has 0 amide bonds. The second-order valence-electron chi connectivity index (χ2n) is 4.40. The van der Waals surface area contributed by atoms with Crippen LogP contribution in [0.2, 0.25) is 0 Å². The minimum atomic E-state index is -0.432. The number of nitro groups is 1. The van der Waals surface area contributed by atoms with Crippen LogP contribution in [0.1, 0.15) is 18.5 Å². The van der Waals surface area contributed by atoms with Crippen LogP contribution in [-0.4, -0.2) is 23.0 Å².